The molecule has 30 heavy (non-hydrogen) atoms. The maximum atomic E-state index is 12.5. The number of ether oxygens (including phenoxy) is 2. The van der Waals surface area contributed by atoms with Crippen molar-refractivity contribution in [2.45, 2.75) is 26.7 Å². The van der Waals surface area contributed by atoms with E-state index in [-0.39, 0.29) is 11.7 Å². The molecule has 0 saturated heterocycles. The number of hydrogen-bond acceptors (Lipinski definition) is 5. The summed E-state index contributed by atoms with van der Waals surface area (Å²) in [6.07, 6.45) is 1.88. The van der Waals surface area contributed by atoms with Crippen molar-refractivity contribution >= 4 is 40.7 Å². The van der Waals surface area contributed by atoms with Gasteiger partial charge < -0.3 is 9.47 Å². The van der Waals surface area contributed by atoms with Crippen molar-refractivity contribution in [3.63, 3.8) is 0 Å². The Balaban J connectivity index is 1.80. The molecule has 0 unspecified atom stereocenters. The van der Waals surface area contributed by atoms with Crippen LogP contribution < -0.4 is 25.6 Å². The first-order valence-corrected chi connectivity index (χ1v) is 10.2. The first-order chi connectivity index (χ1) is 14.4. The second-order valence-electron chi connectivity index (χ2n) is 6.35. The summed E-state index contributed by atoms with van der Waals surface area (Å²) in [4.78, 5) is 24.4. The number of aryl methyl sites for hydroxylation is 1. The van der Waals surface area contributed by atoms with Crippen molar-refractivity contribution in [2.75, 3.05) is 13.2 Å². The lowest BCUT2D eigenvalue weighted by atomic mass is 10.2. The molecule has 0 radical (unpaired) electrons. The number of hydrazine groups is 1. The van der Waals surface area contributed by atoms with E-state index in [2.05, 4.69) is 23.1 Å². The second-order valence-corrected chi connectivity index (χ2v) is 7.20. The monoisotopic (exact) mass is 449 g/mol. The molecule has 0 heterocycles. The van der Waals surface area contributed by atoms with Gasteiger partial charge in [0.1, 0.15) is 11.5 Å². The third-order valence-electron chi connectivity index (χ3n) is 3.93. The number of thiocarbonyl (C=S) groups is 1. The number of unbranched alkanes of at least 4 members (excludes halogenated alkanes) is 1. The van der Waals surface area contributed by atoms with E-state index < -0.39 is 11.8 Å². The maximum Gasteiger partial charge on any atom is 0.276 e. The van der Waals surface area contributed by atoms with Crippen molar-refractivity contribution < 1.29 is 19.1 Å². The molecule has 0 saturated carbocycles. The van der Waals surface area contributed by atoms with Crippen LogP contribution in [0.4, 0.5) is 0 Å². The summed E-state index contributed by atoms with van der Waals surface area (Å²) in [5.41, 5.74) is 6.01. The number of amides is 2. The molecule has 0 atom stereocenters. The van der Waals surface area contributed by atoms with Crippen LogP contribution in [0, 0.1) is 6.92 Å². The molecule has 0 spiro atoms. The highest BCUT2D eigenvalue weighted by molar-refractivity contribution is 7.80. The average Bonchev–Trinajstić information content (AvgIpc) is 2.72. The van der Waals surface area contributed by atoms with Gasteiger partial charge in [0.15, 0.2) is 11.7 Å². The lowest BCUT2D eigenvalue weighted by Crippen LogP contribution is -2.49. The van der Waals surface area contributed by atoms with Crippen LogP contribution in [0.5, 0.6) is 11.5 Å². The predicted molar refractivity (Wildman–Crippen MR) is 120 cm³/mol. The molecule has 0 aliphatic heterocycles. The van der Waals surface area contributed by atoms with Crippen molar-refractivity contribution in [2.24, 2.45) is 0 Å². The highest BCUT2D eigenvalue weighted by Gasteiger charge is 2.14. The number of rotatable bonds is 8. The van der Waals surface area contributed by atoms with Crippen LogP contribution in [0.15, 0.2) is 42.5 Å². The van der Waals surface area contributed by atoms with Gasteiger partial charge in [0.2, 0.25) is 0 Å². The fourth-order valence-corrected chi connectivity index (χ4v) is 2.76. The van der Waals surface area contributed by atoms with Crippen LogP contribution in [0.1, 0.15) is 35.7 Å². The largest absolute Gasteiger partial charge is 0.493 e. The number of benzene rings is 2. The van der Waals surface area contributed by atoms with Gasteiger partial charge in [0.05, 0.1) is 12.2 Å². The lowest BCUT2D eigenvalue weighted by Gasteiger charge is -2.14. The lowest BCUT2D eigenvalue weighted by molar-refractivity contribution is -0.123. The third-order valence-corrected chi connectivity index (χ3v) is 4.36. The Kier molecular flexibility index (Phi) is 9.37. The summed E-state index contributed by atoms with van der Waals surface area (Å²) in [6, 6.07) is 12.0. The van der Waals surface area contributed by atoms with Gasteiger partial charge in [-0.1, -0.05) is 37.1 Å². The van der Waals surface area contributed by atoms with Gasteiger partial charge in [-0.3, -0.25) is 25.8 Å². The van der Waals surface area contributed by atoms with Gasteiger partial charge in [-0.25, -0.2) is 0 Å². The van der Waals surface area contributed by atoms with Crippen molar-refractivity contribution in [1.82, 2.24) is 16.2 Å². The molecule has 160 valence electrons. The Morgan fingerprint density at radius 3 is 2.57 bits per heavy atom. The molecule has 0 aliphatic rings. The van der Waals surface area contributed by atoms with Crippen LogP contribution in [0.25, 0.3) is 0 Å². The molecular formula is C21H24ClN3O4S. The summed E-state index contributed by atoms with van der Waals surface area (Å²) < 4.78 is 11.1. The van der Waals surface area contributed by atoms with Gasteiger partial charge in [0, 0.05) is 5.02 Å². The molecular weight excluding hydrogens is 426 g/mol. The molecule has 2 rings (SSSR count). The smallest absolute Gasteiger partial charge is 0.276 e. The van der Waals surface area contributed by atoms with Gasteiger partial charge in [-0.05, 0) is 61.5 Å². The van der Waals surface area contributed by atoms with E-state index in [9.17, 15) is 9.59 Å². The molecule has 3 N–H and O–H groups in total. The minimum atomic E-state index is -0.468. The number of carbonyl (C=O) groups excluding carboxylic acids is 2. The van der Waals surface area contributed by atoms with Crippen molar-refractivity contribution in [3.8, 4) is 11.5 Å². The Morgan fingerprint density at radius 1 is 1.07 bits per heavy atom. The summed E-state index contributed by atoms with van der Waals surface area (Å²) in [7, 11) is 0. The first-order valence-electron chi connectivity index (χ1n) is 9.41. The molecule has 2 aromatic rings. The van der Waals surface area contributed by atoms with Gasteiger partial charge in [-0.2, -0.15) is 0 Å². The van der Waals surface area contributed by atoms with Gasteiger partial charge in [0.25, 0.3) is 11.8 Å². The molecule has 2 aromatic carbocycles. The molecule has 0 aliphatic carbocycles. The van der Waals surface area contributed by atoms with E-state index in [0.717, 1.165) is 18.4 Å². The minimum Gasteiger partial charge on any atom is -0.493 e. The molecule has 0 aromatic heterocycles. The van der Waals surface area contributed by atoms with Crippen molar-refractivity contribution in [3.05, 3.63) is 58.6 Å². The minimum absolute atomic E-state index is 0.0561. The number of hydrogen-bond donors (Lipinski definition) is 3. The van der Waals surface area contributed by atoms with E-state index in [0.29, 0.717) is 28.7 Å². The highest BCUT2D eigenvalue weighted by Crippen LogP contribution is 2.21. The van der Waals surface area contributed by atoms with Crippen LogP contribution in [-0.2, 0) is 4.79 Å². The quantitative estimate of drug-likeness (QED) is 0.324. The third kappa shape index (κ3) is 7.53. The van der Waals surface area contributed by atoms with E-state index in [1.54, 1.807) is 42.5 Å². The standard InChI is InChI=1S/C21H24ClN3O4S/c1-3-4-11-28-18-8-6-5-7-16(18)20(27)23-21(30)25-24-19(26)13-29-17-10-9-15(22)12-14(17)2/h5-10,12H,3-4,11,13H2,1-2H3,(H,24,26)(H2,23,25,27,30). The number of para-hydroxylation sites is 1. The Bertz CT molecular complexity index is 908. The first kappa shape index (κ1) is 23.4. The van der Waals surface area contributed by atoms with Crippen LogP contribution in [0.3, 0.4) is 0 Å². The van der Waals surface area contributed by atoms with E-state index in [1.807, 2.05) is 6.92 Å². The summed E-state index contributed by atoms with van der Waals surface area (Å²) in [6.45, 7) is 4.17. The second kappa shape index (κ2) is 12.0. The SMILES string of the molecule is CCCCOc1ccccc1C(=O)NC(=S)NNC(=O)COc1ccc(Cl)cc1C. The van der Waals surface area contributed by atoms with Gasteiger partial charge >= 0.3 is 0 Å². The summed E-state index contributed by atoms with van der Waals surface area (Å²) in [5.74, 6) is 0.110. The maximum absolute atomic E-state index is 12.5. The molecule has 7 nitrogen and oxygen atoms in total. The number of halogens is 1. The van der Waals surface area contributed by atoms with Gasteiger partial charge in [-0.15, -0.1) is 0 Å². The zero-order chi connectivity index (χ0) is 21.9. The highest BCUT2D eigenvalue weighted by atomic mass is 35.5. The van der Waals surface area contributed by atoms with Crippen LogP contribution in [0.2, 0.25) is 5.02 Å². The fourth-order valence-electron chi connectivity index (χ4n) is 2.39. The molecule has 0 fully saturated rings. The number of carbonyl (C=O) groups is 2. The van der Waals surface area contributed by atoms with Crippen LogP contribution in [-0.4, -0.2) is 30.1 Å². The van der Waals surface area contributed by atoms with E-state index in [1.165, 1.54) is 0 Å². The number of nitrogens with one attached hydrogen (secondary N) is 3. The summed E-state index contributed by atoms with van der Waals surface area (Å²) in [5, 5.41) is 3.03. The average molecular weight is 450 g/mol. The molecule has 9 heteroatoms. The Morgan fingerprint density at radius 2 is 1.83 bits per heavy atom. The Labute approximate surface area is 186 Å². The van der Waals surface area contributed by atoms with E-state index in [4.69, 9.17) is 33.3 Å². The molecule has 0 bridgehead atoms. The normalized spacial score (nSPS) is 10.1. The summed E-state index contributed by atoms with van der Waals surface area (Å²) >= 11 is 10.9. The molecule has 2 amide bonds. The predicted octanol–water partition coefficient (Wildman–Crippen LogP) is 3.54. The zero-order valence-electron chi connectivity index (χ0n) is 16.8. The fraction of sp³-hybridized carbons (Fsp3) is 0.286. The zero-order valence-corrected chi connectivity index (χ0v) is 18.4. The van der Waals surface area contributed by atoms with E-state index >= 15 is 0 Å². The Hall–Kier alpha value is -2.84. The van der Waals surface area contributed by atoms with Crippen molar-refractivity contribution in [1.29, 1.82) is 0 Å². The topological polar surface area (TPSA) is 88.7 Å². The van der Waals surface area contributed by atoms with Crippen LogP contribution >= 0.6 is 23.8 Å².